The standard InChI is InChI=1S/C14H15Br2NO2S2/c1-9(7-12-5-3-10(2)20-12)17-21(18,19)14-8-11(15)4-6-13(14)16/h3-6,8-9,17H,7H2,1-2H3. The van der Waals surface area contributed by atoms with Gasteiger partial charge in [-0.15, -0.1) is 11.3 Å². The molecule has 0 saturated heterocycles. The normalized spacial score (nSPS) is 13.3. The molecule has 2 rings (SSSR count). The van der Waals surface area contributed by atoms with Gasteiger partial charge in [0.2, 0.25) is 10.0 Å². The van der Waals surface area contributed by atoms with Crippen LogP contribution in [0.15, 0.2) is 44.2 Å². The van der Waals surface area contributed by atoms with E-state index in [1.165, 1.54) is 9.75 Å². The third kappa shape index (κ3) is 4.63. The Morgan fingerprint density at radius 3 is 2.57 bits per heavy atom. The Labute approximate surface area is 146 Å². The van der Waals surface area contributed by atoms with Crippen molar-refractivity contribution in [2.75, 3.05) is 0 Å². The van der Waals surface area contributed by atoms with Crippen LogP contribution < -0.4 is 4.72 Å². The highest BCUT2D eigenvalue weighted by Crippen LogP contribution is 2.26. The molecule has 0 aliphatic heterocycles. The van der Waals surface area contributed by atoms with Crippen molar-refractivity contribution in [1.82, 2.24) is 4.72 Å². The molecule has 1 aromatic heterocycles. The van der Waals surface area contributed by atoms with E-state index in [1.807, 2.05) is 26.0 Å². The highest BCUT2D eigenvalue weighted by atomic mass is 79.9. The van der Waals surface area contributed by atoms with Gasteiger partial charge in [0.15, 0.2) is 0 Å². The summed E-state index contributed by atoms with van der Waals surface area (Å²) in [5.41, 5.74) is 0. The Morgan fingerprint density at radius 1 is 1.24 bits per heavy atom. The number of benzene rings is 1. The van der Waals surface area contributed by atoms with Crippen LogP contribution in [0, 0.1) is 6.92 Å². The molecule has 0 saturated carbocycles. The predicted molar refractivity (Wildman–Crippen MR) is 94.4 cm³/mol. The quantitative estimate of drug-likeness (QED) is 0.726. The molecule has 1 heterocycles. The van der Waals surface area contributed by atoms with Crippen molar-refractivity contribution in [3.63, 3.8) is 0 Å². The van der Waals surface area contributed by atoms with Crippen molar-refractivity contribution >= 4 is 53.2 Å². The first kappa shape index (κ1) is 17.1. The molecule has 2 aromatic rings. The lowest BCUT2D eigenvalue weighted by Gasteiger charge is -2.14. The number of hydrogen-bond donors (Lipinski definition) is 1. The van der Waals surface area contributed by atoms with E-state index in [0.29, 0.717) is 10.9 Å². The lowest BCUT2D eigenvalue weighted by Crippen LogP contribution is -2.34. The monoisotopic (exact) mass is 451 g/mol. The number of rotatable bonds is 5. The maximum absolute atomic E-state index is 12.5. The van der Waals surface area contributed by atoms with E-state index in [4.69, 9.17) is 0 Å². The van der Waals surface area contributed by atoms with Crippen LogP contribution in [0.4, 0.5) is 0 Å². The van der Waals surface area contributed by atoms with Crippen LogP contribution in [0.3, 0.4) is 0 Å². The fraction of sp³-hybridized carbons (Fsp3) is 0.286. The molecule has 1 atom stereocenters. The summed E-state index contributed by atoms with van der Waals surface area (Å²) in [7, 11) is -3.55. The maximum atomic E-state index is 12.5. The smallest absolute Gasteiger partial charge is 0.208 e. The summed E-state index contributed by atoms with van der Waals surface area (Å²) in [6, 6.07) is 9.02. The van der Waals surface area contributed by atoms with Gasteiger partial charge in [0.25, 0.3) is 0 Å². The second-order valence-electron chi connectivity index (χ2n) is 4.81. The molecule has 0 amide bonds. The van der Waals surface area contributed by atoms with Crippen molar-refractivity contribution in [2.45, 2.75) is 31.2 Å². The minimum atomic E-state index is -3.55. The molecule has 3 nitrogen and oxygen atoms in total. The van der Waals surface area contributed by atoms with Crippen molar-refractivity contribution in [1.29, 1.82) is 0 Å². The zero-order valence-electron chi connectivity index (χ0n) is 11.6. The fourth-order valence-corrected chi connectivity index (χ4v) is 5.71. The molecule has 0 radical (unpaired) electrons. The fourth-order valence-electron chi connectivity index (χ4n) is 1.95. The van der Waals surface area contributed by atoms with Gasteiger partial charge in [0, 0.05) is 24.7 Å². The Balaban J connectivity index is 2.15. The molecule has 0 spiro atoms. The molecule has 0 aliphatic rings. The average Bonchev–Trinajstić information content (AvgIpc) is 2.76. The summed E-state index contributed by atoms with van der Waals surface area (Å²) in [5, 5.41) is 0. The highest BCUT2D eigenvalue weighted by Gasteiger charge is 2.21. The number of sulfonamides is 1. The number of nitrogens with one attached hydrogen (secondary N) is 1. The van der Waals surface area contributed by atoms with Gasteiger partial charge in [-0.3, -0.25) is 0 Å². The average molecular weight is 453 g/mol. The second kappa shape index (κ2) is 6.91. The Morgan fingerprint density at radius 2 is 1.95 bits per heavy atom. The van der Waals surface area contributed by atoms with E-state index in [-0.39, 0.29) is 10.9 Å². The molecule has 0 fully saturated rings. The molecule has 0 aliphatic carbocycles. The first-order chi connectivity index (χ1) is 9.78. The molecule has 7 heteroatoms. The summed E-state index contributed by atoms with van der Waals surface area (Å²) >= 11 is 8.28. The molecule has 21 heavy (non-hydrogen) atoms. The van der Waals surface area contributed by atoms with E-state index in [1.54, 1.807) is 29.5 Å². The predicted octanol–water partition coefficient (Wildman–Crippen LogP) is 4.49. The van der Waals surface area contributed by atoms with Gasteiger partial charge in [0.1, 0.15) is 0 Å². The minimum absolute atomic E-state index is 0.168. The van der Waals surface area contributed by atoms with Gasteiger partial charge >= 0.3 is 0 Å². The lowest BCUT2D eigenvalue weighted by atomic mass is 10.2. The first-order valence-corrected chi connectivity index (χ1v) is 10.2. The largest absolute Gasteiger partial charge is 0.241 e. The topological polar surface area (TPSA) is 46.2 Å². The Hall–Kier alpha value is -0.210. The van der Waals surface area contributed by atoms with Crippen LogP contribution in [-0.2, 0) is 16.4 Å². The first-order valence-electron chi connectivity index (χ1n) is 6.30. The van der Waals surface area contributed by atoms with Crippen LogP contribution in [0.1, 0.15) is 16.7 Å². The van der Waals surface area contributed by atoms with Crippen molar-refractivity contribution in [3.05, 3.63) is 49.0 Å². The summed E-state index contributed by atoms with van der Waals surface area (Å²) in [4.78, 5) is 2.65. The van der Waals surface area contributed by atoms with E-state index in [2.05, 4.69) is 36.6 Å². The van der Waals surface area contributed by atoms with Gasteiger partial charge < -0.3 is 0 Å². The molecular weight excluding hydrogens is 438 g/mol. The van der Waals surface area contributed by atoms with Crippen LogP contribution in [-0.4, -0.2) is 14.5 Å². The molecule has 1 unspecified atom stereocenters. The van der Waals surface area contributed by atoms with E-state index >= 15 is 0 Å². The molecule has 114 valence electrons. The Kier molecular flexibility index (Phi) is 5.65. The number of hydrogen-bond acceptors (Lipinski definition) is 3. The summed E-state index contributed by atoms with van der Waals surface area (Å²) in [5.74, 6) is 0. The second-order valence-corrected chi connectivity index (χ2v) is 9.64. The van der Waals surface area contributed by atoms with Crippen LogP contribution in [0.25, 0.3) is 0 Å². The Bertz CT molecular complexity index is 741. The lowest BCUT2D eigenvalue weighted by molar-refractivity contribution is 0.560. The number of thiophene rings is 1. The van der Waals surface area contributed by atoms with Gasteiger partial charge in [-0.25, -0.2) is 13.1 Å². The zero-order chi connectivity index (χ0) is 15.6. The molecular formula is C14H15Br2NO2S2. The summed E-state index contributed by atoms with van der Waals surface area (Å²) in [6.45, 7) is 3.92. The van der Waals surface area contributed by atoms with Gasteiger partial charge in [-0.05, 0) is 66.5 Å². The van der Waals surface area contributed by atoms with Crippen LogP contribution in [0.2, 0.25) is 0 Å². The number of halogens is 2. The van der Waals surface area contributed by atoms with Gasteiger partial charge in [-0.1, -0.05) is 15.9 Å². The highest BCUT2D eigenvalue weighted by molar-refractivity contribution is 9.11. The summed E-state index contributed by atoms with van der Waals surface area (Å²) in [6.07, 6.45) is 0.684. The molecule has 0 bridgehead atoms. The van der Waals surface area contributed by atoms with Gasteiger partial charge in [0.05, 0.1) is 4.90 Å². The van der Waals surface area contributed by atoms with Crippen molar-refractivity contribution in [3.8, 4) is 0 Å². The number of aryl methyl sites for hydroxylation is 1. The van der Waals surface area contributed by atoms with Gasteiger partial charge in [-0.2, -0.15) is 0 Å². The van der Waals surface area contributed by atoms with Crippen molar-refractivity contribution in [2.24, 2.45) is 0 Å². The molecule has 1 N–H and O–H groups in total. The minimum Gasteiger partial charge on any atom is -0.208 e. The van der Waals surface area contributed by atoms with Crippen LogP contribution >= 0.6 is 43.2 Å². The van der Waals surface area contributed by atoms with Crippen LogP contribution in [0.5, 0.6) is 0 Å². The zero-order valence-corrected chi connectivity index (χ0v) is 16.4. The van der Waals surface area contributed by atoms with Crippen molar-refractivity contribution < 1.29 is 8.42 Å². The maximum Gasteiger partial charge on any atom is 0.241 e. The third-order valence-corrected chi connectivity index (χ3v) is 6.94. The molecule has 1 aromatic carbocycles. The summed E-state index contributed by atoms with van der Waals surface area (Å²) < 4.78 is 28.9. The SMILES string of the molecule is Cc1ccc(CC(C)NS(=O)(=O)c2cc(Br)ccc2Br)s1. The third-order valence-electron chi connectivity index (χ3n) is 2.84. The van der Waals surface area contributed by atoms with E-state index in [9.17, 15) is 8.42 Å². The van der Waals surface area contributed by atoms with E-state index in [0.717, 1.165) is 4.47 Å². The van der Waals surface area contributed by atoms with E-state index < -0.39 is 10.0 Å².